The van der Waals surface area contributed by atoms with Gasteiger partial charge in [0, 0.05) is 12.7 Å². The number of hydrogen-bond donors (Lipinski definition) is 1. The van der Waals surface area contributed by atoms with Crippen LogP contribution in [0.4, 0.5) is 4.39 Å². The van der Waals surface area contributed by atoms with Crippen LogP contribution in [-0.2, 0) is 11.2 Å². The lowest BCUT2D eigenvalue weighted by Gasteiger charge is -2.12. The molecule has 0 aliphatic heterocycles. The predicted molar refractivity (Wildman–Crippen MR) is 62.1 cm³/mol. The van der Waals surface area contributed by atoms with Gasteiger partial charge in [-0.2, -0.15) is 0 Å². The quantitative estimate of drug-likeness (QED) is 0.806. The highest BCUT2D eigenvalue weighted by Crippen LogP contribution is 2.17. The van der Waals surface area contributed by atoms with Crippen molar-refractivity contribution < 1.29 is 14.2 Å². The van der Waals surface area contributed by atoms with E-state index in [0.29, 0.717) is 12.0 Å². The Bertz CT molecular complexity index is 326. The summed E-state index contributed by atoms with van der Waals surface area (Å²) in [5, 5.41) is 9.07. The number of aryl methyl sites for hydroxylation is 1. The molecule has 0 aromatic heterocycles. The summed E-state index contributed by atoms with van der Waals surface area (Å²) >= 11 is 0. The summed E-state index contributed by atoms with van der Waals surface area (Å²) in [7, 11) is 0. The van der Waals surface area contributed by atoms with E-state index >= 15 is 0 Å². The van der Waals surface area contributed by atoms with E-state index in [2.05, 4.69) is 6.92 Å². The highest BCUT2D eigenvalue weighted by atomic mass is 19.1. The maximum absolute atomic E-state index is 13.4. The lowest BCUT2D eigenvalue weighted by Crippen LogP contribution is -2.10. The summed E-state index contributed by atoms with van der Waals surface area (Å²) in [5.41, 5.74) is 0.629. The molecular weight excluding hydrogens is 207 g/mol. The van der Waals surface area contributed by atoms with Crippen molar-refractivity contribution in [2.45, 2.75) is 39.2 Å². The molecule has 16 heavy (non-hydrogen) atoms. The number of rotatable bonds is 6. The monoisotopic (exact) mass is 226 g/mol. The van der Waals surface area contributed by atoms with E-state index in [1.807, 2.05) is 6.92 Å². The number of aromatic hydroxyl groups is 1. The van der Waals surface area contributed by atoms with Gasteiger partial charge in [-0.25, -0.2) is 4.39 Å². The SMILES string of the molecule is CCCOC(C)CCc1ccc(O)cc1F. The Labute approximate surface area is 96.1 Å². The van der Waals surface area contributed by atoms with Gasteiger partial charge in [-0.3, -0.25) is 0 Å². The van der Waals surface area contributed by atoms with Gasteiger partial charge in [0.25, 0.3) is 0 Å². The molecule has 0 amide bonds. The van der Waals surface area contributed by atoms with Crippen LogP contribution in [0, 0.1) is 5.82 Å². The van der Waals surface area contributed by atoms with Crippen LogP contribution in [0.15, 0.2) is 18.2 Å². The number of phenolic OH excluding ortho intramolecular Hbond substituents is 1. The van der Waals surface area contributed by atoms with Crippen LogP contribution in [-0.4, -0.2) is 17.8 Å². The fourth-order valence-corrected chi connectivity index (χ4v) is 1.50. The maximum Gasteiger partial charge on any atom is 0.130 e. The molecule has 2 nitrogen and oxygen atoms in total. The lowest BCUT2D eigenvalue weighted by atomic mass is 10.1. The van der Waals surface area contributed by atoms with Gasteiger partial charge in [0.05, 0.1) is 6.10 Å². The van der Waals surface area contributed by atoms with Gasteiger partial charge in [-0.1, -0.05) is 13.0 Å². The standard InChI is InChI=1S/C13H19FO2/c1-3-8-16-10(2)4-5-11-6-7-12(15)9-13(11)14/h6-7,9-10,15H,3-5,8H2,1-2H3. The lowest BCUT2D eigenvalue weighted by molar-refractivity contribution is 0.0609. The smallest absolute Gasteiger partial charge is 0.130 e. The van der Waals surface area contributed by atoms with Crippen molar-refractivity contribution in [3.8, 4) is 5.75 Å². The second kappa shape index (κ2) is 6.48. The minimum Gasteiger partial charge on any atom is -0.508 e. The van der Waals surface area contributed by atoms with Gasteiger partial charge in [0.2, 0.25) is 0 Å². The van der Waals surface area contributed by atoms with Crippen molar-refractivity contribution in [2.24, 2.45) is 0 Å². The van der Waals surface area contributed by atoms with E-state index in [0.717, 1.165) is 25.5 Å². The first kappa shape index (κ1) is 13.0. The molecule has 0 saturated carbocycles. The van der Waals surface area contributed by atoms with Gasteiger partial charge in [0.1, 0.15) is 11.6 Å². The molecule has 0 spiro atoms. The molecule has 1 atom stereocenters. The van der Waals surface area contributed by atoms with Gasteiger partial charge >= 0.3 is 0 Å². The van der Waals surface area contributed by atoms with Crippen LogP contribution in [0.3, 0.4) is 0 Å². The fourth-order valence-electron chi connectivity index (χ4n) is 1.50. The number of hydrogen-bond acceptors (Lipinski definition) is 2. The summed E-state index contributed by atoms with van der Waals surface area (Å²) in [6, 6.07) is 4.28. The zero-order valence-electron chi connectivity index (χ0n) is 9.87. The van der Waals surface area contributed by atoms with Crippen LogP contribution >= 0.6 is 0 Å². The van der Waals surface area contributed by atoms with E-state index < -0.39 is 0 Å². The topological polar surface area (TPSA) is 29.5 Å². The van der Waals surface area contributed by atoms with E-state index in [1.165, 1.54) is 6.07 Å². The second-order valence-electron chi connectivity index (χ2n) is 4.00. The highest BCUT2D eigenvalue weighted by molar-refractivity contribution is 5.27. The molecule has 0 aliphatic rings. The second-order valence-corrected chi connectivity index (χ2v) is 4.00. The van der Waals surface area contributed by atoms with E-state index in [9.17, 15) is 4.39 Å². The first-order chi connectivity index (χ1) is 7.63. The van der Waals surface area contributed by atoms with Gasteiger partial charge < -0.3 is 9.84 Å². The highest BCUT2D eigenvalue weighted by Gasteiger charge is 2.06. The third kappa shape index (κ3) is 4.19. The minimum absolute atomic E-state index is 0.0310. The van der Waals surface area contributed by atoms with Crippen molar-refractivity contribution in [2.75, 3.05) is 6.61 Å². The third-order valence-electron chi connectivity index (χ3n) is 2.46. The molecule has 90 valence electrons. The third-order valence-corrected chi connectivity index (χ3v) is 2.46. The summed E-state index contributed by atoms with van der Waals surface area (Å²) in [6.07, 6.45) is 2.57. The van der Waals surface area contributed by atoms with Crippen LogP contribution in [0.1, 0.15) is 32.3 Å². The molecule has 0 heterocycles. The summed E-state index contributed by atoms with van der Waals surface area (Å²) in [5.74, 6) is -0.376. The number of phenols is 1. The number of halogens is 1. The Kier molecular flexibility index (Phi) is 5.26. The Hall–Kier alpha value is -1.09. The van der Waals surface area contributed by atoms with Crippen molar-refractivity contribution in [1.82, 2.24) is 0 Å². The fraction of sp³-hybridized carbons (Fsp3) is 0.538. The Morgan fingerprint density at radius 3 is 2.81 bits per heavy atom. The molecule has 1 aromatic carbocycles. The molecule has 0 saturated heterocycles. The van der Waals surface area contributed by atoms with Crippen molar-refractivity contribution in [3.05, 3.63) is 29.6 Å². The number of benzene rings is 1. The summed E-state index contributed by atoms with van der Waals surface area (Å²) in [4.78, 5) is 0. The van der Waals surface area contributed by atoms with Crippen LogP contribution < -0.4 is 0 Å². The molecule has 0 fully saturated rings. The normalized spacial score (nSPS) is 12.7. The molecule has 1 rings (SSSR count). The first-order valence-electron chi connectivity index (χ1n) is 5.72. The predicted octanol–water partition coefficient (Wildman–Crippen LogP) is 3.28. The van der Waals surface area contributed by atoms with Crippen LogP contribution in [0.25, 0.3) is 0 Å². The zero-order chi connectivity index (χ0) is 12.0. The molecule has 0 aliphatic carbocycles. The average molecular weight is 226 g/mol. The zero-order valence-corrected chi connectivity index (χ0v) is 9.87. The summed E-state index contributed by atoms with van der Waals surface area (Å²) < 4.78 is 18.9. The van der Waals surface area contributed by atoms with Crippen LogP contribution in [0.2, 0.25) is 0 Å². The average Bonchev–Trinajstić information content (AvgIpc) is 2.25. The Balaban J connectivity index is 2.42. The molecule has 1 N–H and O–H groups in total. The largest absolute Gasteiger partial charge is 0.508 e. The molecule has 3 heteroatoms. The molecule has 1 unspecified atom stereocenters. The maximum atomic E-state index is 13.4. The van der Waals surface area contributed by atoms with Crippen LogP contribution in [0.5, 0.6) is 5.75 Å². The minimum atomic E-state index is -0.345. The van der Waals surface area contributed by atoms with Gasteiger partial charge in [-0.05, 0) is 37.8 Å². The van der Waals surface area contributed by atoms with E-state index in [4.69, 9.17) is 9.84 Å². The van der Waals surface area contributed by atoms with Crippen molar-refractivity contribution in [1.29, 1.82) is 0 Å². The molecule has 0 bridgehead atoms. The Morgan fingerprint density at radius 1 is 1.44 bits per heavy atom. The van der Waals surface area contributed by atoms with Gasteiger partial charge in [-0.15, -0.1) is 0 Å². The van der Waals surface area contributed by atoms with Gasteiger partial charge in [0.15, 0.2) is 0 Å². The van der Waals surface area contributed by atoms with E-state index in [1.54, 1.807) is 6.07 Å². The Morgan fingerprint density at radius 2 is 2.19 bits per heavy atom. The number of ether oxygens (including phenoxy) is 1. The molecular formula is C13H19FO2. The van der Waals surface area contributed by atoms with E-state index in [-0.39, 0.29) is 17.7 Å². The summed E-state index contributed by atoms with van der Waals surface area (Å²) in [6.45, 7) is 4.81. The molecule has 0 radical (unpaired) electrons. The van der Waals surface area contributed by atoms with Crippen molar-refractivity contribution >= 4 is 0 Å². The molecule has 1 aromatic rings. The van der Waals surface area contributed by atoms with Crippen molar-refractivity contribution in [3.63, 3.8) is 0 Å². The first-order valence-corrected chi connectivity index (χ1v) is 5.72.